The van der Waals surface area contributed by atoms with E-state index in [1.54, 1.807) is 7.11 Å². The number of fused-ring (bicyclic) bond motifs is 2. The molecule has 0 saturated carbocycles. The van der Waals surface area contributed by atoms with Gasteiger partial charge in [-0.05, 0) is 26.2 Å². The summed E-state index contributed by atoms with van der Waals surface area (Å²) < 4.78 is 5.02. The first-order valence-corrected chi connectivity index (χ1v) is 6.94. The molecule has 2 bridgehead atoms. The van der Waals surface area contributed by atoms with Gasteiger partial charge in [-0.1, -0.05) is 0 Å². The molecule has 0 aromatic heterocycles. The van der Waals surface area contributed by atoms with Gasteiger partial charge in [0.05, 0.1) is 13.2 Å². The van der Waals surface area contributed by atoms with Gasteiger partial charge in [0.15, 0.2) is 0 Å². The van der Waals surface area contributed by atoms with Crippen molar-refractivity contribution < 1.29 is 9.53 Å². The minimum Gasteiger partial charge on any atom is -0.383 e. The van der Waals surface area contributed by atoms with Crippen molar-refractivity contribution in [3.63, 3.8) is 0 Å². The van der Waals surface area contributed by atoms with E-state index in [4.69, 9.17) is 4.74 Å². The predicted molar refractivity (Wildman–Crippen MR) is 70.5 cm³/mol. The van der Waals surface area contributed by atoms with Crippen LogP contribution in [0.25, 0.3) is 0 Å². The van der Waals surface area contributed by atoms with Crippen LogP contribution >= 0.6 is 0 Å². The molecule has 18 heavy (non-hydrogen) atoms. The lowest BCUT2D eigenvalue weighted by Crippen LogP contribution is -2.45. The normalized spacial score (nSPS) is 29.9. The van der Waals surface area contributed by atoms with Crippen molar-refractivity contribution >= 4 is 5.91 Å². The van der Waals surface area contributed by atoms with Gasteiger partial charge < -0.3 is 15.4 Å². The average molecular weight is 255 g/mol. The number of nitrogens with one attached hydrogen (secondary N) is 2. The zero-order valence-corrected chi connectivity index (χ0v) is 11.4. The number of nitrogens with zero attached hydrogens (tertiary/aromatic N) is 1. The minimum absolute atomic E-state index is 0.0871. The Bertz CT molecular complexity index is 285. The van der Waals surface area contributed by atoms with Crippen LogP contribution in [0, 0.1) is 0 Å². The fraction of sp³-hybridized carbons (Fsp3) is 0.923. The van der Waals surface area contributed by atoms with E-state index in [0.717, 1.165) is 19.5 Å². The van der Waals surface area contributed by atoms with Crippen molar-refractivity contribution in [2.45, 2.75) is 44.3 Å². The third-order valence-electron chi connectivity index (χ3n) is 3.80. The lowest BCUT2D eigenvalue weighted by molar-refractivity contribution is -0.123. The molecule has 2 N–H and O–H groups in total. The highest BCUT2D eigenvalue weighted by Gasteiger charge is 2.29. The van der Waals surface area contributed by atoms with Crippen molar-refractivity contribution in [2.24, 2.45) is 0 Å². The lowest BCUT2D eigenvalue weighted by Gasteiger charge is -2.24. The topological polar surface area (TPSA) is 53.6 Å². The van der Waals surface area contributed by atoms with E-state index in [0.29, 0.717) is 25.2 Å². The molecular weight excluding hydrogens is 230 g/mol. The fourth-order valence-corrected chi connectivity index (χ4v) is 2.97. The van der Waals surface area contributed by atoms with Crippen LogP contribution < -0.4 is 10.6 Å². The summed E-state index contributed by atoms with van der Waals surface area (Å²) in [6.45, 7) is 5.08. The summed E-state index contributed by atoms with van der Waals surface area (Å²) in [6.07, 6.45) is 3.72. The zero-order valence-electron chi connectivity index (χ0n) is 11.4. The molecule has 0 aromatic rings. The molecule has 2 aliphatic heterocycles. The van der Waals surface area contributed by atoms with Gasteiger partial charge in [-0.3, -0.25) is 9.69 Å². The van der Waals surface area contributed by atoms with Gasteiger partial charge in [0.1, 0.15) is 0 Å². The lowest BCUT2D eigenvalue weighted by atomic mass is 10.1. The van der Waals surface area contributed by atoms with E-state index in [-0.39, 0.29) is 11.9 Å². The number of ether oxygens (including phenoxy) is 1. The van der Waals surface area contributed by atoms with Gasteiger partial charge in [0, 0.05) is 38.3 Å². The Morgan fingerprint density at radius 1 is 1.44 bits per heavy atom. The molecule has 1 amide bonds. The Kier molecular flexibility index (Phi) is 4.97. The first-order chi connectivity index (χ1) is 8.67. The summed E-state index contributed by atoms with van der Waals surface area (Å²) in [6, 6.07) is 1.35. The van der Waals surface area contributed by atoms with Crippen molar-refractivity contribution in [3.05, 3.63) is 0 Å². The van der Waals surface area contributed by atoms with Crippen LogP contribution in [-0.2, 0) is 9.53 Å². The van der Waals surface area contributed by atoms with Crippen LogP contribution in [0.5, 0.6) is 0 Å². The van der Waals surface area contributed by atoms with Gasteiger partial charge in [-0.25, -0.2) is 0 Å². The maximum Gasteiger partial charge on any atom is 0.234 e. The van der Waals surface area contributed by atoms with E-state index in [1.165, 1.54) is 12.8 Å². The first kappa shape index (κ1) is 13.8. The maximum atomic E-state index is 11.9. The second-order valence-electron chi connectivity index (χ2n) is 5.59. The standard InChI is InChI=1S/C13H25N3O2/c1-10(9-18-2)14-13(17)8-16-6-5-11-3-4-12(7-16)15-11/h10-12,15H,3-9H2,1-2H3,(H,14,17). The first-order valence-electron chi connectivity index (χ1n) is 6.94. The van der Waals surface area contributed by atoms with Crippen LogP contribution in [0.2, 0.25) is 0 Å². The molecule has 5 heteroatoms. The van der Waals surface area contributed by atoms with Gasteiger partial charge >= 0.3 is 0 Å². The Hall–Kier alpha value is -0.650. The highest BCUT2D eigenvalue weighted by molar-refractivity contribution is 5.78. The summed E-state index contributed by atoms with van der Waals surface area (Å²) in [4.78, 5) is 14.2. The molecule has 5 nitrogen and oxygen atoms in total. The number of hydrogen-bond acceptors (Lipinski definition) is 4. The number of carbonyl (C=O) groups is 1. The molecule has 0 aliphatic carbocycles. The number of hydrogen-bond donors (Lipinski definition) is 2. The van der Waals surface area contributed by atoms with E-state index in [2.05, 4.69) is 15.5 Å². The zero-order chi connectivity index (χ0) is 13.0. The summed E-state index contributed by atoms with van der Waals surface area (Å²) in [5.74, 6) is 0.109. The Labute approximate surface area is 109 Å². The Morgan fingerprint density at radius 2 is 2.22 bits per heavy atom. The molecule has 104 valence electrons. The highest BCUT2D eigenvalue weighted by atomic mass is 16.5. The largest absolute Gasteiger partial charge is 0.383 e. The maximum absolute atomic E-state index is 11.9. The molecule has 2 saturated heterocycles. The number of likely N-dealkylation sites (tertiary alicyclic amines) is 1. The van der Waals surface area contributed by atoms with Crippen molar-refractivity contribution in [3.8, 4) is 0 Å². The second-order valence-corrected chi connectivity index (χ2v) is 5.59. The molecular formula is C13H25N3O2. The third-order valence-corrected chi connectivity index (χ3v) is 3.80. The fourth-order valence-electron chi connectivity index (χ4n) is 2.97. The Balaban J connectivity index is 1.73. The van der Waals surface area contributed by atoms with Crippen molar-refractivity contribution in [1.82, 2.24) is 15.5 Å². The molecule has 0 spiro atoms. The van der Waals surface area contributed by atoms with Crippen molar-refractivity contribution in [2.75, 3.05) is 33.4 Å². The van der Waals surface area contributed by atoms with E-state index in [1.807, 2.05) is 6.92 Å². The van der Waals surface area contributed by atoms with Crippen LogP contribution in [0.3, 0.4) is 0 Å². The van der Waals surface area contributed by atoms with E-state index < -0.39 is 0 Å². The van der Waals surface area contributed by atoms with Crippen molar-refractivity contribution in [1.29, 1.82) is 0 Å². The van der Waals surface area contributed by atoms with Crippen LogP contribution in [-0.4, -0.2) is 62.3 Å². The highest BCUT2D eigenvalue weighted by Crippen LogP contribution is 2.19. The average Bonchev–Trinajstić information content (AvgIpc) is 2.63. The van der Waals surface area contributed by atoms with E-state index >= 15 is 0 Å². The van der Waals surface area contributed by atoms with Gasteiger partial charge in [0.2, 0.25) is 5.91 Å². The molecule has 2 aliphatic rings. The monoisotopic (exact) mass is 255 g/mol. The molecule has 2 fully saturated rings. The number of carbonyl (C=O) groups excluding carboxylic acids is 1. The smallest absolute Gasteiger partial charge is 0.234 e. The summed E-state index contributed by atoms with van der Waals surface area (Å²) in [7, 11) is 1.65. The molecule has 2 heterocycles. The Morgan fingerprint density at radius 3 is 3.00 bits per heavy atom. The predicted octanol–water partition coefficient (Wildman–Crippen LogP) is -0.0362. The number of amides is 1. The summed E-state index contributed by atoms with van der Waals surface area (Å²) in [5.41, 5.74) is 0. The van der Waals surface area contributed by atoms with Gasteiger partial charge in [-0.2, -0.15) is 0 Å². The van der Waals surface area contributed by atoms with Crippen LogP contribution in [0.15, 0.2) is 0 Å². The van der Waals surface area contributed by atoms with Gasteiger partial charge in [-0.15, -0.1) is 0 Å². The molecule has 0 radical (unpaired) electrons. The van der Waals surface area contributed by atoms with Crippen LogP contribution in [0.1, 0.15) is 26.2 Å². The SMILES string of the molecule is COCC(C)NC(=O)CN1CCC2CCC(C1)N2. The quantitative estimate of drug-likeness (QED) is 0.724. The molecule has 2 rings (SSSR count). The summed E-state index contributed by atoms with van der Waals surface area (Å²) in [5, 5.41) is 6.59. The molecule has 0 aromatic carbocycles. The van der Waals surface area contributed by atoms with Gasteiger partial charge in [0.25, 0.3) is 0 Å². The van der Waals surface area contributed by atoms with E-state index in [9.17, 15) is 4.79 Å². The third kappa shape index (κ3) is 3.93. The number of methoxy groups -OCH3 is 1. The van der Waals surface area contributed by atoms with Crippen LogP contribution in [0.4, 0.5) is 0 Å². The second kappa shape index (κ2) is 6.50. The minimum atomic E-state index is 0.0871. The summed E-state index contributed by atoms with van der Waals surface area (Å²) >= 11 is 0. The number of rotatable bonds is 5. The molecule has 3 atom stereocenters. The molecule has 3 unspecified atom stereocenters.